The molecule has 0 aliphatic carbocycles. The molecular formula is C16H25BrClN. The van der Waals surface area contributed by atoms with Gasteiger partial charge >= 0.3 is 0 Å². The van der Waals surface area contributed by atoms with Crippen LogP contribution in [-0.4, -0.2) is 6.54 Å². The third-order valence-electron chi connectivity index (χ3n) is 3.22. The molecule has 3 heteroatoms. The molecule has 1 N–H and O–H groups in total. The van der Waals surface area contributed by atoms with Crippen LogP contribution < -0.4 is 5.32 Å². The molecule has 108 valence electrons. The van der Waals surface area contributed by atoms with Gasteiger partial charge in [0.15, 0.2) is 0 Å². The first-order valence-corrected chi connectivity index (χ1v) is 8.41. The third-order valence-corrected chi connectivity index (χ3v) is 4.06. The number of rotatable bonds is 9. The predicted molar refractivity (Wildman–Crippen MR) is 88.8 cm³/mol. The van der Waals surface area contributed by atoms with Gasteiger partial charge in [-0.2, -0.15) is 0 Å². The first kappa shape index (κ1) is 17.0. The molecule has 0 aliphatic rings. The van der Waals surface area contributed by atoms with Gasteiger partial charge in [-0.25, -0.2) is 0 Å². The molecule has 19 heavy (non-hydrogen) atoms. The van der Waals surface area contributed by atoms with Crippen molar-refractivity contribution in [2.24, 2.45) is 5.92 Å². The van der Waals surface area contributed by atoms with E-state index in [-0.39, 0.29) is 0 Å². The number of hydrogen-bond acceptors (Lipinski definition) is 1. The second-order valence-corrected chi connectivity index (χ2v) is 6.83. The van der Waals surface area contributed by atoms with Crippen LogP contribution in [0, 0.1) is 5.92 Å². The Kier molecular flexibility index (Phi) is 8.76. The maximum Gasteiger partial charge on any atom is 0.0462 e. The lowest BCUT2D eigenvalue weighted by Crippen LogP contribution is -2.14. The lowest BCUT2D eigenvalue weighted by molar-refractivity contribution is 0.512. The topological polar surface area (TPSA) is 12.0 Å². The molecule has 0 spiro atoms. The molecular weight excluding hydrogens is 322 g/mol. The Balaban J connectivity index is 2.04. The van der Waals surface area contributed by atoms with Crippen molar-refractivity contribution in [3.05, 3.63) is 33.3 Å². The van der Waals surface area contributed by atoms with Crippen molar-refractivity contribution in [2.45, 2.75) is 52.5 Å². The number of benzene rings is 1. The average Bonchev–Trinajstić information content (AvgIpc) is 2.34. The minimum Gasteiger partial charge on any atom is -0.313 e. The SMILES string of the molecule is CC(C)CCCCCCNCc1ccc(Br)cc1Cl. The molecule has 0 saturated heterocycles. The predicted octanol–water partition coefficient (Wildman–Crippen LogP) is 5.80. The Hall–Kier alpha value is -0.0500. The number of nitrogens with one attached hydrogen (secondary N) is 1. The zero-order valence-electron chi connectivity index (χ0n) is 12.0. The molecule has 0 aromatic heterocycles. The fraction of sp³-hybridized carbons (Fsp3) is 0.625. The van der Waals surface area contributed by atoms with Crippen LogP contribution in [0.1, 0.15) is 51.5 Å². The third kappa shape index (κ3) is 7.96. The molecule has 1 rings (SSSR count). The summed E-state index contributed by atoms with van der Waals surface area (Å²) in [6.45, 7) is 6.53. The van der Waals surface area contributed by atoms with Crippen molar-refractivity contribution in [3.8, 4) is 0 Å². The molecule has 1 aromatic carbocycles. The first-order chi connectivity index (χ1) is 9.09. The molecule has 0 aliphatic heterocycles. The molecule has 0 saturated carbocycles. The maximum atomic E-state index is 6.17. The average molecular weight is 347 g/mol. The van der Waals surface area contributed by atoms with E-state index in [9.17, 15) is 0 Å². The van der Waals surface area contributed by atoms with Gasteiger partial charge < -0.3 is 5.32 Å². The van der Waals surface area contributed by atoms with Crippen LogP contribution in [0.3, 0.4) is 0 Å². The number of halogens is 2. The van der Waals surface area contributed by atoms with Gasteiger partial charge in [0.2, 0.25) is 0 Å². The molecule has 1 nitrogen and oxygen atoms in total. The molecule has 0 radical (unpaired) electrons. The van der Waals surface area contributed by atoms with E-state index in [0.717, 1.165) is 28.5 Å². The van der Waals surface area contributed by atoms with Crippen LogP contribution >= 0.6 is 27.5 Å². The van der Waals surface area contributed by atoms with Crippen LogP contribution in [0.2, 0.25) is 5.02 Å². The van der Waals surface area contributed by atoms with Crippen molar-refractivity contribution in [2.75, 3.05) is 6.54 Å². The van der Waals surface area contributed by atoms with E-state index in [0.29, 0.717) is 0 Å². The van der Waals surface area contributed by atoms with Crippen LogP contribution in [0.15, 0.2) is 22.7 Å². The molecule has 0 amide bonds. The van der Waals surface area contributed by atoms with Crippen molar-refractivity contribution < 1.29 is 0 Å². The van der Waals surface area contributed by atoms with Crippen LogP contribution in [0.5, 0.6) is 0 Å². The lowest BCUT2D eigenvalue weighted by Gasteiger charge is -2.07. The Morgan fingerprint density at radius 1 is 1.16 bits per heavy atom. The smallest absolute Gasteiger partial charge is 0.0462 e. The van der Waals surface area contributed by atoms with E-state index in [1.54, 1.807) is 0 Å². The monoisotopic (exact) mass is 345 g/mol. The lowest BCUT2D eigenvalue weighted by atomic mass is 10.0. The Morgan fingerprint density at radius 3 is 2.58 bits per heavy atom. The van der Waals surface area contributed by atoms with Gasteiger partial charge in [0, 0.05) is 16.0 Å². The zero-order valence-corrected chi connectivity index (χ0v) is 14.4. The summed E-state index contributed by atoms with van der Waals surface area (Å²) in [5.41, 5.74) is 1.17. The quantitative estimate of drug-likeness (QED) is 0.557. The van der Waals surface area contributed by atoms with Crippen LogP contribution in [0.25, 0.3) is 0 Å². The van der Waals surface area contributed by atoms with Crippen molar-refractivity contribution in [1.29, 1.82) is 0 Å². The molecule has 0 fully saturated rings. The van der Waals surface area contributed by atoms with Gasteiger partial charge in [0.05, 0.1) is 0 Å². The number of unbranched alkanes of at least 4 members (excludes halogenated alkanes) is 3. The molecule has 0 bridgehead atoms. The second-order valence-electron chi connectivity index (χ2n) is 5.51. The highest BCUT2D eigenvalue weighted by Crippen LogP contribution is 2.21. The fourth-order valence-electron chi connectivity index (χ4n) is 2.04. The molecule has 0 unspecified atom stereocenters. The summed E-state index contributed by atoms with van der Waals surface area (Å²) in [4.78, 5) is 0. The first-order valence-electron chi connectivity index (χ1n) is 7.24. The van der Waals surface area contributed by atoms with Gasteiger partial charge in [-0.15, -0.1) is 0 Å². The summed E-state index contributed by atoms with van der Waals surface area (Å²) in [6, 6.07) is 6.06. The number of hydrogen-bond donors (Lipinski definition) is 1. The Bertz CT molecular complexity index is 366. The van der Waals surface area contributed by atoms with Gasteiger partial charge in [-0.05, 0) is 36.6 Å². The highest BCUT2D eigenvalue weighted by molar-refractivity contribution is 9.10. The zero-order chi connectivity index (χ0) is 14.1. The molecule has 1 aromatic rings. The largest absolute Gasteiger partial charge is 0.313 e. The highest BCUT2D eigenvalue weighted by atomic mass is 79.9. The highest BCUT2D eigenvalue weighted by Gasteiger charge is 2.00. The van der Waals surface area contributed by atoms with Gasteiger partial charge in [-0.1, -0.05) is 73.1 Å². The summed E-state index contributed by atoms with van der Waals surface area (Å²) in [7, 11) is 0. The van der Waals surface area contributed by atoms with E-state index in [4.69, 9.17) is 11.6 Å². The normalized spacial score (nSPS) is 11.2. The van der Waals surface area contributed by atoms with Gasteiger partial charge in [-0.3, -0.25) is 0 Å². The van der Waals surface area contributed by atoms with Crippen LogP contribution in [-0.2, 0) is 6.54 Å². The summed E-state index contributed by atoms with van der Waals surface area (Å²) in [6.07, 6.45) is 6.68. The van der Waals surface area contributed by atoms with Gasteiger partial charge in [0.25, 0.3) is 0 Å². The summed E-state index contributed by atoms with van der Waals surface area (Å²) in [5, 5.41) is 4.29. The molecule has 0 heterocycles. The minimum absolute atomic E-state index is 0.832. The summed E-state index contributed by atoms with van der Waals surface area (Å²) in [5.74, 6) is 0.845. The second kappa shape index (κ2) is 9.79. The van der Waals surface area contributed by atoms with E-state index in [2.05, 4.69) is 41.2 Å². The maximum absolute atomic E-state index is 6.17. The van der Waals surface area contributed by atoms with E-state index in [1.165, 1.54) is 37.7 Å². The van der Waals surface area contributed by atoms with Crippen molar-refractivity contribution >= 4 is 27.5 Å². The minimum atomic E-state index is 0.832. The summed E-state index contributed by atoms with van der Waals surface area (Å²) >= 11 is 9.59. The van der Waals surface area contributed by atoms with E-state index in [1.807, 2.05) is 12.1 Å². The van der Waals surface area contributed by atoms with E-state index >= 15 is 0 Å². The Morgan fingerprint density at radius 2 is 1.89 bits per heavy atom. The molecule has 0 atom stereocenters. The van der Waals surface area contributed by atoms with Crippen molar-refractivity contribution in [3.63, 3.8) is 0 Å². The van der Waals surface area contributed by atoms with Crippen LogP contribution in [0.4, 0.5) is 0 Å². The fourth-order valence-corrected chi connectivity index (χ4v) is 2.78. The Labute approximate surface area is 131 Å². The summed E-state index contributed by atoms with van der Waals surface area (Å²) < 4.78 is 1.03. The van der Waals surface area contributed by atoms with E-state index < -0.39 is 0 Å². The van der Waals surface area contributed by atoms with Gasteiger partial charge in [0.1, 0.15) is 0 Å². The standard InChI is InChI=1S/C16H25BrClN/c1-13(2)7-5-3-4-6-10-19-12-14-8-9-15(17)11-16(14)18/h8-9,11,13,19H,3-7,10,12H2,1-2H3. The van der Waals surface area contributed by atoms with Crippen molar-refractivity contribution in [1.82, 2.24) is 5.32 Å².